The lowest BCUT2D eigenvalue weighted by Crippen LogP contribution is -2.55. The van der Waals surface area contributed by atoms with Crippen LogP contribution in [0, 0.1) is 6.92 Å². The van der Waals surface area contributed by atoms with Crippen molar-refractivity contribution < 1.29 is 14.3 Å². The number of fused-ring (bicyclic) bond motifs is 1. The van der Waals surface area contributed by atoms with Crippen molar-refractivity contribution in [2.75, 3.05) is 26.7 Å². The fourth-order valence-electron chi connectivity index (χ4n) is 4.81. The van der Waals surface area contributed by atoms with Gasteiger partial charge in [0, 0.05) is 43.2 Å². The van der Waals surface area contributed by atoms with Gasteiger partial charge >= 0.3 is 0 Å². The van der Waals surface area contributed by atoms with Crippen LogP contribution in [0.5, 0.6) is 5.75 Å². The fraction of sp³-hybridized carbons (Fsp3) is 0.286. The molecule has 1 aliphatic rings. The summed E-state index contributed by atoms with van der Waals surface area (Å²) >= 11 is 1.66. The van der Waals surface area contributed by atoms with Crippen LogP contribution in [0.25, 0.3) is 10.2 Å². The number of benzene rings is 2. The zero-order chi connectivity index (χ0) is 24.5. The number of amides is 2. The standard InChI is InChI=1S/C28H29N3O3S/c1-19-5-4-6-21(15-19)18-31-25(16-23-11-14-35-28(23)31)27(33)29-12-13-30(20(2)17-29)26(32)22-7-9-24(34-3)10-8-22/h4-11,14-16,20H,12-13,17-18H2,1-3H3/t20-/m0/s1. The molecule has 0 spiro atoms. The Morgan fingerprint density at radius 1 is 1.03 bits per heavy atom. The molecule has 2 aromatic carbocycles. The van der Waals surface area contributed by atoms with E-state index < -0.39 is 0 Å². The van der Waals surface area contributed by atoms with Crippen LogP contribution < -0.4 is 4.74 Å². The predicted octanol–water partition coefficient (Wildman–Crippen LogP) is 5.05. The van der Waals surface area contributed by atoms with E-state index in [-0.39, 0.29) is 17.9 Å². The highest BCUT2D eigenvalue weighted by molar-refractivity contribution is 7.16. The highest BCUT2D eigenvalue weighted by Crippen LogP contribution is 2.28. The minimum absolute atomic E-state index is 0.0180. The van der Waals surface area contributed by atoms with E-state index >= 15 is 0 Å². The number of aromatic nitrogens is 1. The minimum atomic E-state index is -0.0800. The summed E-state index contributed by atoms with van der Waals surface area (Å²) in [6.07, 6.45) is 0. The van der Waals surface area contributed by atoms with Crippen LogP contribution in [-0.4, -0.2) is 59.0 Å². The van der Waals surface area contributed by atoms with Crippen molar-refractivity contribution in [2.45, 2.75) is 26.4 Å². The number of hydrogen-bond donors (Lipinski definition) is 0. The second kappa shape index (κ2) is 9.58. The number of aryl methyl sites for hydroxylation is 1. The smallest absolute Gasteiger partial charge is 0.270 e. The van der Waals surface area contributed by atoms with Crippen LogP contribution in [-0.2, 0) is 6.54 Å². The third-order valence-electron chi connectivity index (χ3n) is 6.66. The van der Waals surface area contributed by atoms with Gasteiger partial charge in [-0.3, -0.25) is 9.59 Å². The van der Waals surface area contributed by atoms with Crippen LogP contribution in [0.2, 0.25) is 0 Å². The Kier molecular flexibility index (Phi) is 6.34. The molecule has 5 rings (SSSR count). The van der Waals surface area contributed by atoms with Crippen molar-refractivity contribution in [2.24, 2.45) is 0 Å². The second-order valence-electron chi connectivity index (χ2n) is 9.11. The summed E-state index contributed by atoms with van der Waals surface area (Å²) in [6, 6.07) is 19.6. The van der Waals surface area contributed by atoms with Gasteiger partial charge in [-0.15, -0.1) is 11.3 Å². The molecule has 6 nitrogen and oxygen atoms in total. The maximum Gasteiger partial charge on any atom is 0.270 e. The Balaban J connectivity index is 1.34. The lowest BCUT2D eigenvalue weighted by molar-refractivity contribution is 0.0409. The SMILES string of the molecule is COc1ccc(C(=O)N2CCN(C(=O)c3cc4ccsc4n3Cc3cccc(C)c3)C[C@@H]2C)cc1. The Labute approximate surface area is 209 Å². The van der Waals surface area contributed by atoms with Gasteiger partial charge in [-0.1, -0.05) is 29.8 Å². The highest BCUT2D eigenvalue weighted by Gasteiger charge is 2.32. The molecule has 7 heteroatoms. The third kappa shape index (κ3) is 4.56. The van der Waals surface area contributed by atoms with E-state index in [9.17, 15) is 9.59 Å². The molecule has 3 heterocycles. The van der Waals surface area contributed by atoms with E-state index in [1.54, 1.807) is 42.7 Å². The predicted molar refractivity (Wildman–Crippen MR) is 139 cm³/mol. The summed E-state index contributed by atoms with van der Waals surface area (Å²) in [7, 11) is 1.61. The van der Waals surface area contributed by atoms with Gasteiger partial charge < -0.3 is 19.1 Å². The molecular formula is C28H29N3O3S. The summed E-state index contributed by atoms with van der Waals surface area (Å²) in [5, 5.41) is 3.16. The van der Waals surface area contributed by atoms with Crippen molar-refractivity contribution in [1.82, 2.24) is 14.4 Å². The van der Waals surface area contributed by atoms with E-state index in [4.69, 9.17) is 4.74 Å². The van der Waals surface area contributed by atoms with Gasteiger partial charge in [0.1, 0.15) is 16.3 Å². The summed E-state index contributed by atoms with van der Waals surface area (Å²) in [5.74, 6) is 0.721. The monoisotopic (exact) mass is 487 g/mol. The van der Waals surface area contributed by atoms with Gasteiger partial charge in [-0.25, -0.2) is 0 Å². The first-order chi connectivity index (χ1) is 16.9. The second-order valence-corrected chi connectivity index (χ2v) is 10.0. The molecule has 180 valence electrons. The van der Waals surface area contributed by atoms with Gasteiger partial charge in [0.05, 0.1) is 7.11 Å². The van der Waals surface area contributed by atoms with Crippen molar-refractivity contribution in [3.05, 3.63) is 88.4 Å². The minimum Gasteiger partial charge on any atom is -0.497 e. The molecule has 0 aliphatic carbocycles. The number of piperazine rings is 1. The number of carbonyl (C=O) groups is 2. The third-order valence-corrected chi connectivity index (χ3v) is 7.61. The zero-order valence-electron chi connectivity index (χ0n) is 20.2. The van der Waals surface area contributed by atoms with Crippen molar-refractivity contribution in [1.29, 1.82) is 0 Å². The van der Waals surface area contributed by atoms with E-state index in [2.05, 4.69) is 47.2 Å². The number of ether oxygens (including phenoxy) is 1. The quantitative estimate of drug-likeness (QED) is 0.396. The molecule has 2 amide bonds. The highest BCUT2D eigenvalue weighted by atomic mass is 32.1. The molecule has 4 aromatic rings. The van der Waals surface area contributed by atoms with Gasteiger partial charge in [0.15, 0.2) is 0 Å². The number of rotatable bonds is 5. The fourth-order valence-corrected chi connectivity index (χ4v) is 5.70. The Morgan fingerprint density at radius 3 is 2.54 bits per heavy atom. The van der Waals surface area contributed by atoms with Gasteiger partial charge in [-0.05, 0) is 61.2 Å². The summed E-state index contributed by atoms with van der Waals surface area (Å²) < 4.78 is 7.33. The zero-order valence-corrected chi connectivity index (χ0v) is 21.0. The summed E-state index contributed by atoms with van der Waals surface area (Å²) in [5.41, 5.74) is 3.71. The number of hydrogen-bond acceptors (Lipinski definition) is 4. The number of thiophene rings is 1. The van der Waals surface area contributed by atoms with E-state index in [1.165, 1.54) is 11.1 Å². The Morgan fingerprint density at radius 2 is 1.83 bits per heavy atom. The van der Waals surface area contributed by atoms with E-state index in [0.29, 0.717) is 37.4 Å². The van der Waals surface area contributed by atoms with Crippen LogP contribution in [0.3, 0.4) is 0 Å². The van der Waals surface area contributed by atoms with Crippen LogP contribution in [0.4, 0.5) is 0 Å². The maximum atomic E-state index is 13.7. The molecule has 0 bridgehead atoms. The van der Waals surface area contributed by atoms with E-state index in [0.717, 1.165) is 16.0 Å². The summed E-state index contributed by atoms with van der Waals surface area (Å²) in [4.78, 5) is 31.7. The first-order valence-corrected chi connectivity index (χ1v) is 12.7. The van der Waals surface area contributed by atoms with Crippen molar-refractivity contribution in [3.63, 3.8) is 0 Å². The maximum absolute atomic E-state index is 13.7. The van der Waals surface area contributed by atoms with E-state index in [1.807, 2.05) is 22.8 Å². The van der Waals surface area contributed by atoms with Crippen LogP contribution >= 0.6 is 11.3 Å². The molecule has 1 saturated heterocycles. The molecular weight excluding hydrogens is 458 g/mol. The Hall–Kier alpha value is -3.58. The van der Waals surface area contributed by atoms with Gasteiger partial charge in [-0.2, -0.15) is 0 Å². The average molecular weight is 488 g/mol. The lowest BCUT2D eigenvalue weighted by atomic mass is 10.1. The lowest BCUT2D eigenvalue weighted by Gasteiger charge is -2.40. The van der Waals surface area contributed by atoms with Crippen LogP contribution in [0.15, 0.2) is 66.0 Å². The molecule has 2 aromatic heterocycles. The first kappa shape index (κ1) is 23.2. The van der Waals surface area contributed by atoms with Gasteiger partial charge in [0.25, 0.3) is 11.8 Å². The molecule has 1 aliphatic heterocycles. The molecule has 0 unspecified atom stereocenters. The van der Waals surface area contributed by atoms with Crippen molar-refractivity contribution in [3.8, 4) is 5.75 Å². The van der Waals surface area contributed by atoms with Crippen molar-refractivity contribution >= 4 is 33.4 Å². The largest absolute Gasteiger partial charge is 0.497 e. The van der Waals surface area contributed by atoms with Crippen LogP contribution in [0.1, 0.15) is 38.9 Å². The number of methoxy groups -OCH3 is 1. The average Bonchev–Trinajstić information content (AvgIpc) is 3.46. The number of nitrogens with zero attached hydrogens (tertiary/aromatic N) is 3. The molecule has 0 radical (unpaired) electrons. The molecule has 35 heavy (non-hydrogen) atoms. The first-order valence-electron chi connectivity index (χ1n) is 11.8. The topological polar surface area (TPSA) is 54.8 Å². The molecule has 1 atom stereocenters. The Bertz CT molecular complexity index is 1370. The molecule has 0 N–H and O–H groups in total. The summed E-state index contributed by atoms with van der Waals surface area (Å²) in [6.45, 7) is 6.26. The molecule has 0 saturated carbocycles. The number of carbonyl (C=O) groups excluding carboxylic acids is 2. The molecule has 1 fully saturated rings. The van der Waals surface area contributed by atoms with Gasteiger partial charge in [0.2, 0.25) is 0 Å². The normalized spacial score (nSPS) is 16.0.